The van der Waals surface area contributed by atoms with Gasteiger partial charge in [-0.05, 0) is 48.4 Å². The number of carbonyl (C=O) groups excluding carboxylic acids is 1. The molecular formula is C22H25ClN4O2S. The molecule has 0 fully saturated rings. The molecule has 1 aromatic heterocycles. The number of ketones is 1. The number of hydrogen-bond donors (Lipinski definition) is 2. The number of methoxy groups -OCH3 is 1. The van der Waals surface area contributed by atoms with Crippen molar-refractivity contribution in [1.29, 1.82) is 0 Å². The standard InChI is InChI=1S/C22H25ClN4O2S/c1-3-4-18(24)20(21(28)15-7-11-17(29-2)12-8-15)26-22-25-19(27-30-22)13-14-5-9-16(23)10-6-14/h5-12,18,20H,3-4,13,24H2,1-2H3,(H,25,26,27). The molecule has 158 valence electrons. The summed E-state index contributed by atoms with van der Waals surface area (Å²) in [6.07, 6.45) is 2.19. The van der Waals surface area contributed by atoms with Gasteiger partial charge in [0.05, 0.1) is 7.11 Å². The lowest BCUT2D eigenvalue weighted by molar-refractivity contribution is 0.0957. The Hall–Kier alpha value is -2.48. The zero-order chi connectivity index (χ0) is 21.5. The van der Waals surface area contributed by atoms with Crippen LogP contribution in [0.25, 0.3) is 0 Å². The maximum absolute atomic E-state index is 13.2. The second-order valence-electron chi connectivity index (χ2n) is 6.99. The van der Waals surface area contributed by atoms with Gasteiger partial charge in [0.1, 0.15) is 17.6 Å². The van der Waals surface area contributed by atoms with Gasteiger partial charge in [-0.1, -0.05) is 37.1 Å². The van der Waals surface area contributed by atoms with E-state index in [0.717, 1.165) is 18.4 Å². The van der Waals surface area contributed by atoms with Crippen molar-refractivity contribution >= 4 is 34.0 Å². The fraction of sp³-hybridized carbons (Fsp3) is 0.318. The third kappa shape index (κ3) is 5.78. The molecule has 0 aliphatic heterocycles. The van der Waals surface area contributed by atoms with Crippen LogP contribution in [-0.4, -0.2) is 34.3 Å². The predicted molar refractivity (Wildman–Crippen MR) is 122 cm³/mol. The molecule has 2 unspecified atom stereocenters. The summed E-state index contributed by atoms with van der Waals surface area (Å²) in [6, 6.07) is 13.7. The number of halogens is 1. The van der Waals surface area contributed by atoms with E-state index in [-0.39, 0.29) is 11.8 Å². The maximum Gasteiger partial charge on any atom is 0.203 e. The van der Waals surface area contributed by atoms with Crippen molar-refractivity contribution in [3.8, 4) is 5.75 Å². The molecular weight excluding hydrogens is 420 g/mol. The van der Waals surface area contributed by atoms with Crippen molar-refractivity contribution in [2.75, 3.05) is 12.4 Å². The molecule has 2 aromatic carbocycles. The minimum atomic E-state index is -0.588. The summed E-state index contributed by atoms with van der Waals surface area (Å²) < 4.78 is 9.59. The minimum absolute atomic E-state index is 0.0759. The predicted octanol–water partition coefficient (Wildman–Crippen LogP) is 4.58. The van der Waals surface area contributed by atoms with E-state index in [2.05, 4.69) is 14.7 Å². The van der Waals surface area contributed by atoms with E-state index in [1.165, 1.54) is 11.5 Å². The molecule has 0 aliphatic carbocycles. The molecule has 0 saturated heterocycles. The summed E-state index contributed by atoms with van der Waals surface area (Å²) in [4.78, 5) is 17.7. The average molecular weight is 445 g/mol. The molecule has 0 amide bonds. The topological polar surface area (TPSA) is 90.1 Å². The van der Waals surface area contributed by atoms with Crippen LogP contribution in [0.4, 0.5) is 5.13 Å². The Morgan fingerprint density at radius 3 is 2.53 bits per heavy atom. The Balaban J connectivity index is 1.75. The SMILES string of the molecule is CCCC(N)C(Nc1nc(Cc2ccc(Cl)cc2)ns1)C(=O)c1ccc(OC)cc1. The number of benzene rings is 2. The number of carbonyl (C=O) groups is 1. The van der Waals surface area contributed by atoms with Gasteiger partial charge in [-0.25, -0.2) is 4.98 Å². The van der Waals surface area contributed by atoms with E-state index >= 15 is 0 Å². The van der Waals surface area contributed by atoms with Crippen molar-refractivity contribution in [2.45, 2.75) is 38.3 Å². The number of aromatic nitrogens is 2. The van der Waals surface area contributed by atoms with Crippen LogP contribution < -0.4 is 15.8 Å². The lowest BCUT2D eigenvalue weighted by Crippen LogP contribution is -2.46. The third-order valence-electron chi connectivity index (χ3n) is 4.73. The summed E-state index contributed by atoms with van der Waals surface area (Å²) in [5.41, 5.74) is 7.99. The molecule has 0 spiro atoms. The Labute approximate surface area is 185 Å². The second kappa shape index (κ2) is 10.5. The molecule has 0 aliphatic rings. The van der Waals surface area contributed by atoms with Crippen molar-refractivity contribution in [1.82, 2.24) is 9.36 Å². The Bertz CT molecular complexity index is 960. The first-order valence-electron chi connectivity index (χ1n) is 9.77. The first-order chi connectivity index (χ1) is 14.5. The van der Waals surface area contributed by atoms with Gasteiger partial charge in [0.25, 0.3) is 0 Å². The van der Waals surface area contributed by atoms with Crippen LogP contribution in [0.5, 0.6) is 5.75 Å². The van der Waals surface area contributed by atoms with Crippen LogP contribution in [-0.2, 0) is 6.42 Å². The van der Waals surface area contributed by atoms with Gasteiger partial charge in [0, 0.05) is 34.6 Å². The van der Waals surface area contributed by atoms with E-state index < -0.39 is 6.04 Å². The number of ether oxygens (including phenoxy) is 1. The van der Waals surface area contributed by atoms with E-state index in [1.54, 1.807) is 31.4 Å². The number of anilines is 1. The zero-order valence-corrected chi connectivity index (χ0v) is 18.5. The maximum atomic E-state index is 13.2. The van der Waals surface area contributed by atoms with Crippen molar-refractivity contribution in [3.05, 3.63) is 70.5 Å². The van der Waals surface area contributed by atoms with Crippen LogP contribution in [0, 0.1) is 0 Å². The van der Waals surface area contributed by atoms with Crippen LogP contribution in [0.15, 0.2) is 48.5 Å². The Kier molecular flexibility index (Phi) is 7.79. The van der Waals surface area contributed by atoms with E-state index in [4.69, 9.17) is 22.1 Å². The van der Waals surface area contributed by atoms with Gasteiger partial charge >= 0.3 is 0 Å². The highest BCUT2D eigenvalue weighted by atomic mass is 35.5. The number of Topliss-reactive ketones (excluding diaryl/α,β-unsaturated/α-hetero) is 1. The third-order valence-corrected chi connectivity index (χ3v) is 5.67. The van der Waals surface area contributed by atoms with Crippen molar-refractivity contribution < 1.29 is 9.53 Å². The average Bonchev–Trinajstić information content (AvgIpc) is 3.20. The first-order valence-corrected chi connectivity index (χ1v) is 10.9. The van der Waals surface area contributed by atoms with Gasteiger partial charge < -0.3 is 15.8 Å². The summed E-state index contributed by atoms with van der Waals surface area (Å²) in [7, 11) is 1.59. The Morgan fingerprint density at radius 1 is 1.20 bits per heavy atom. The molecule has 0 radical (unpaired) electrons. The molecule has 0 bridgehead atoms. The number of rotatable bonds is 10. The summed E-state index contributed by atoms with van der Waals surface area (Å²) in [5, 5.41) is 4.50. The number of hydrogen-bond acceptors (Lipinski definition) is 7. The molecule has 1 heterocycles. The zero-order valence-electron chi connectivity index (χ0n) is 17.0. The smallest absolute Gasteiger partial charge is 0.203 e. The van der Waals surface area contributed by atoms with Gasteiger partial charge in [-0.15, -0.1) is 0 Å². The normalized spacial score (nSPS) is 12.9. The van der Waals surface area contributed by atoms with Gasteiger partial charge in [0.2, 0.25) is 5.13 Å². The van der Waals surface area contributed by atoms with Crippen molar-refractivity contribution in [3.63, 3.8) is 0 Å². The highest BCUT2D eigenvalue weighted by Gasteiger charge is 2.27. The molecule has 0 saturated carbocycles. The van der Waals surface area contributed by atoms with Crippen LogP contribution in [0.3, 0.4) is 0 Å². The quantitative estimate of drug-likeness (QED) is 0.445. The number of nitrogens with two attached hydrogens (primary N) is 1. The van der Waals surface area contributed by atoms with Crippen LogP contribution in [0.1, 0.15) is 41.5 Å². The molecule has 3 rings (SSSR count). The number of nitrogens with zero attached hydrogens (tertiary/aromatic N) is 2. The monoisotopic (exact) mass is 444 g/mol. The first kappa shape index (κ1) is 22.2. The fourth-order valence-electron chi connectivity index (χ4n) is 3.10. The minimum Gasteiger partial charge on any atom is -0.497 e. The fourth-order valence-corrected chi connectivity index (χ4v) is 3.85. The molecule has 3 N–H and O–H groups in total. The molecule has 3 aromatic rings. The van der Waals surface area contributed by atoms with Crippen LogP contribution >= 0.6 is 23.1 Å². The van der Waals surface area contributed by atoms with Gasteiger partial charge in [-0.3, -0.25) is 4.79 Å². The molecule has 6 nitrogen and oxygen atoms in total. The highest BCUT2D eigenvalue weighted by Crippen LogP contribution is 2.20. The van der Waals surface area contributed by atoms with Gasteiger partial charge in [-0.2, -0.15) is 4.37 Å². The second-order valence-corrected chi connectivity index (χ2v) is 8.17. The summed E-state index contributed by atoms with van der Waals surface area (Å²) >= 11 is 7.17. The van der Waals surface area contributed by atoms with E-state index in [0.29, 0.717) is 33.7 Å². The lowest BCUT2D eigenvalue weighted by Gasteiger charge is -2.23. The van der Waals surface area contributed by atoms with Gasteiger partial charge in [0.15, 0.2) is 5.78 Å². The highest BCUT2D eigenvalue weighted by molar-refractivity contribution is 7.09. The van der Waals surface area contributed by atoms with Crippen molar-refractivity contribution in [2.24, 2.45) is 5.73 Å². The van der Waals surface area contributed by atoms with E-state index in [1.807, 2.05) is 31.2 Å². The van der Waals surface area contributed by atoms with E-state index in [9.17, 15) is 4.79 Å². The van der Waals surface area contributed by atoms with Crippen LogP contribution in [0.2, 0.25) is 5.02 Å². The lowest BCUT2D eigenvalue weighted by atomic mass is 9.95. The number of nitrogens with one attached hydrogen (secondary N) is 1. The molecule has 2 atom stereocenters. The molecule has 8 heteroatoms. The molecule has 30 heavy (non-hydrogen) atoms. The summed E-state index contributed by atoms with van der Waals surface area (Å²) in [5.74, 6) is 1.31. The summed E-state index contributed by atoms with van der Waals surface area (Å²) in [6.45, 7) is 2.05. The largest absolute Gasteiger partial charge is 0.497 e. The Morgan fingerprint density at radius 2 is 1.90 bits per heavy atom.